The van der Waals surface area contributed by atoms with E-state index in [-0.39, 0.29) is 16.8 Å². The zero-order chi connectivity index (χ0) is 22.3. The lowest BCUT2D eigenvalue weighted by Crippen LogP contribution is -2.10. The SMILES string of the molecule is CS(=O)(=O)c1nc2ccc(NCOc3cc(S(=O)(=O)O)cc(S(=O)(=O)O)c3)cc2s1. The standard InChI is InChI=1S/C15H14N2O9S4/c1-28(18,19)15-17-13-3-2-9(4-14(13)27-15)16-8-26-10-5-11(29(20,21)22)7-12(6-10)30(23,24)25/h2-7,16H,8H2,1H3,(H,20,21,22)(H,23,24,25). The molecule has 1 heterocycles. The summed E-state index contributed by atoms with van der Waals surface area (Å²) in [6.07, 6.45) is 1.05. The molecule has 0 amide bonds. The van der Waals surface area contributed by atoms with Crippen molar-refractivity contribution in [1.82, 2.24) is 4.98 Å². The first-order valence-electron chi connectivity index (χ1n) is 7.81. The van der Waals surface area contributed by atoms with Crippen molar-refractivity contribution in [3.05, 3.63) is 36.4 Å². The van der Waals surface area contributed by atoms with Crippen molar-refractivity contribution in [3.63, 3.8) is 0 Å². The van der Waals surface area contributed by atoms with E-state index in [2.05, 4.69) is 10.3 Å². The molecule has 0 fully saturated rings. The molecule has 0 radical (unpaired) electrons. The van der Waals surface area contributed by atoms with Gasteiger partial charge in [0.2, 0.25) is 14.2 Å². The van der Waals surface area contributed by atoms with Gasteiger partial charge in [0.25, 0.3) is 20.2 Å². The Hall–Kier alpha value is -2.30. The van der Waals surface area contributed by atoms with Crippen LogP contribution in [0.1, 0.15) is 0 Å². The molecule has 3 rings (SSSR count). The normalized spacial score (nSPS) is 12.8. The fourth-order valence-electron chi connectivity index (χ4n) is 2.30. The molecule has 2 aromatic carbocycles. The molecule has 0 bridgehead atoms. The van der Waals surface area contributed by atoms with Crippen LogP contribution in [0.5, 0.6) is 5.75 Å². The Kier molecular flexibility index (Phi) is 5.78. The Morgan fingerprint density at radius 1 is 0.967 bits per heavy atom. The van der Waals surface area contributed by atoms with Gasteiger partial charge in [-0.15, -0.1) is 11.3 Å². The molecule has 3 N–H and O–H groups in total. The van der Waals surface area contributed by atoms with Gasteiger partial charge in [-0.2, -0.15) is 16.8 Å². The molecule has 0 aliphatic carbocycles. The molecule has 162 valence electrons. The highest BCUT2D eigenvalue weighted by molar-refractivity contribution is 7.92. The maximum absolute atomic E-state index is 11.6. The molecule has 3 aromatic rings. The van der Waals surface area contributed by atoms with Crippen molar-refractivity contribution in [2.24, 2.45) is 0 Å². The quantitative estimate of drug-likeness (QED) is 0.321. The van der Waals surface area contributed by atoms with Crippen LogP contribution in [0.4, 0.5) is 5.69 Å². The van der Waals surface area contributed by atoms with Crippen LogP contribution in [-0.2, 0) is 30.1 Å². The van der Waals surface area contributed by atoms with Crippen molar-refractivity contribution < 1.29 is 39.1 Å². The van der Waals surface area contributed by atoms with Gasteiger partial charge in [-0.25, -0.2) is 13.4 Å². The van der Waals surface area contributed by atoms with Gasteiger partial charge in [0.05, 0.1) is 20.0 Å². The Balaban J connectivity index is 1.80. The topological polar surface area (TPSA) is 177 Å². The molecule has 1 aromatic heterocycles. The monoisotopic (exact) mass is 494 g/mol. The molecule has 0 saturated carbocycles. The third kappa shape index (κ3) is 5.24. The minimum atomic E-state index is -4.75. The van der Waals surface area contributed by atoms with Gasteiger partial charge < -0.3 is 10.1 Å². The van der Waals surface area contributed by atoms with Crippen molar-refractivity contribution >= 4 is 57.3 Å². The first-order chi connectivity index (χ1) is 13.7. The third-order valence-corrected chi connectivity index (χ3v) is 8.01. The summed E-state index contributed by atoms with van der Waals surface area (Å²) >= 11 is 0.989. The van der Waals surface area contributed by atoms with Gasteiger partial charge in [-0.3, -0.25) is 9.11 Å². The van der Waals surface area contributed by atoms with E-state index >= 15 is 0 Å². The van der Waals surface area contributed by atoms with Crippen molar-refractivity contribution in [2.45, 2.75) is 14.1 Å². The Morgan fingerprint density at radius 3 is 2.10 bits per heavy atom. The molecule has 0 spiro atoms. The van der Waals surface area contributed by atoms with E-state index < -0.39 is 39.9 Å². The number of thiazole rings is 1. The van der Waals surface area contributed by atoms with Crippen LogP contribution < -0.4 is 10.1 Å². The molecule has 0 atom stereocenters. The maximum Gasteiger partial charge on any atom is 0.294 e. The molecular formula is C15H14N2O9S4. The van der Waals surface area contributed by atoms with Crippen LogP contribution in [0, 0.1) is 0 Å². The number of hydrogen-bond donors (Lipinski definition) is 3. The fraction of sp³-hybridized carbons (Fsp3) is 0.133. The van der Waals surface area contributed by atoms with Crippen LogP contribution in [0.3, 0.4) is 0 Å². The average molecular weight is 495 g/mol. The zero-order valence-corrected chi connectivity index (χ0v) is 18.3. The van der Waals surface area contributed by atoms with Gasteiger partial charge >= 0.3 is 0 Å². The molecular weight excluding hydrogens is 480 g/mol. The highest BCUT2D eigenvalue weighted by Crippen LogP contribution is 2.28. The number of benzene rings is 2. The maximum atomic E-state index is 11.6. The minimum Gasteiger partial charge on any atom is -0.473 e. The third-order valence-electron chi connectivity index (χ3n) is 3.65. The highest BCUT2D eigenvalue weighted by Gasteiger charge is 2.19. The lowest BCUT2D eigenvalue weighted by atomic mass is 10.3. The first-order valence-corrected chi connectivity index (χ1v) is 13.4. The Morgan fingerprint density at radius 2 is 1.57 bits per heavy atom. The molecule has 11 nitrogen and oxygen atoms in total. The minimum absolute atomic E-state index is 0.0225. The summed E-state index contributed by atoms with van der Waals surface area (Å²) in [7, 11) is -12.9. The second-order valence-corrected chi connectivity index (χ2v) is 12.1. The Labute approximate surface area is 175 Å². The Bertz CT molecular complexity index is 1390. The number of fused-ring (bicyclic) bond motifs is 1. The number of rotatable bonds is 7. The van der Waals surface area contributed by atoms with Gasteiger partial charge in [-0.1, -0.05) is 0 Å². The van der Waals surface area contributed by atoms with E-state index in [0.717, 1.165) is 29.7 Å². The van der Waals surface area contributed by atoms with E-state index in [1.54, 1.807) is 18.2 Å². The molecule has 0 unspecified atom stereocenters. The second kappa shape index (κ2) is 7.75. The molecule has 0 saturated heterocycles. The number of ether oxygens (including phenoxy) is 1. The zero-order valence-electron chi connectivity index (χ0n) is 15.0. The summed E-state index contributed by atoms with van der Waals surface area (Å²) in [5.74, 6) is -0.247. The van der Waals surface area contributed by atoms with Crippen LogP contribution in [0.15, 0.2) is 50.5 Å². The smallest absolute Gasteiger partial charge is 0.294 e. The largest absolute Gasteiger partial charge is 0.473 e. The average Bonchev–Trinajstić information content (AvgIpc) is 3.04. The van der Waals surface area contributed by atoms with Crippen molar-refractivity contribution in [2.75, 3.05) is 18.3 Å². The van der Waals surface area contributed by atoms with Crippen LogP contribution in [-0.4, -0.2) is 52.3 Å². The summed E-state index contributed by atoms with van der Waals surface area (Å²) in [4.78, 5) is 2.49. The number of nitrogens with one attached hydrogen (secondary N) is 1. The van der Waals surface area contributed by atoms with Crippen molar-refractivity contribution in [3.8, 4) is 5.75 Å². The van der Waals surface area contributed by atoms with Gasteiger partial charge in [0.15, 0.2) is 6.73 Å². The van der Waals surface area contributed by atoms with E-state index in [0.29, 0.717) is 22.0 Å². The van der Waals surface area contributed by atoms with E-state index in [1.807, 2.05) is 0 Å². The first kappa shape index (κ1) is 22.4. The molecule has 30 heavy (non-hydrogen) atoms. The number of nitrogens with zero attached hydrogens (tertiary/aromatic N) is 1. The van der Waals surface area contributed by atoms with Crippen molar-refractivity contribution in [1.29, 1.82) is 0 Å². The van der Waals surface area contributed by atoms with E-state index in [1.165, 1.54) is 0 Å². The molecule has 15 heteroatoms. The van der Waals surface area contributed by atoms with Crippen LogP contribution in [0.2, 0.25) is 0 Å². The number of anilines is 1. The summed E-state index contributed by atoms with van der Waals surface area (Å²) in [5, 5.41) is 2.83. The fourth-order valence-corrected chi connectivity index (χ4v) is 5.33. The van der Waals surface area contributed by atoms with Crippen LogP contribution in [0.25, 0.3) is 10.2 Å². The summed E-state index contributed by atoms with van der Waals surface area (Å²) in [6.45, 7) is -0.247. The lowest BCUT2D eigenvalue weighted by Gasteiger charge is -2.11. The molecule has 0 aliphatic heterocycles. The summed E-state index contributed by atoms with van der Waals surface area (Å²) in [5.41, 5.74) is 1.01. The van der Waals surface area contributed by atoms with Gasteiger partial charge in [-0.05, 0) is 24.3 Å². The predicted molar refractivity (Wildman–Crippen MR) is 108 cm³/mol. The van der Waals surface area contributed by atoms with Crippen LogP contribution >= 0.6 is 11.3 Å². The number of sulfone groups is 1. The van der Waals surface area contributed by atoms with Gasteiger partial charge in [0, 0.05) is 24.1 Å². The van der Waals surface area contributed by atoms with E-state index in [4.69, 9.17) is 13.8 Å². The number of hydrogen-bond acceptors (Lipinski definition) is 10. The molecule has 0 aliphatic rings. The second-order valence-electron chi connectivity index (χ2n) is 5.99. The van der Waals surface area contributed by atoms with Gasteiger partial charge in [0.1, 0.15) is 5.75 Å². The summed E-state index contributed by atoms with van der Waals surface area (Å²) < 4.78 is 92.6. The highest BCUT2D eigenvalue weighted by atomic mass is 32.2. The summed E-state index contributed by atoms with van der Waals surface area (Å²) in [6, 6.07) is 7.19. The van der Waals surface area contributed by atoms with E-state index in [9.17, 15) is 25.3 Å². The lowest BCUT2D eigenvalue weighted by molar-refractivity contribution is 0.344. The predicted octanol–water partition coefficient (Wildman–Crippen LogP) is 1.64. The number of aromatic nitrogens is 1.